The molecule has 0 atom stereocenters. The molecule has 0 amide bonds. The van der Waals surface area contributed by atoms with Crippen molar-refractivity contribution < 1.29 is 4.74 Å². The molecule has 0 aromatic heterocycles. The van der Waals surface area contributed by atoms with E-state index >= 15 is 0 Å². The first-order valence-electron chi connectivity index (χ1n) is 11.2. The molecule has 0 heterocycles. The third-order valence-corrected chi connectivity index (χ3v) is 6.15. The number of benzene rings is 3. The summed E-state index contributed by atoms with van der Waals surface area (Å²) in [5.74, 6) is 1.00. The SMILES string of the molecule is Cc1cccc(COc2ccc3ccccc3c2CNC2CCCCCCC2)c1. The molecule has 2 nitrogen and oxygen atoms in total. The summed E-state index contributed by atoms with van der Waals surface area (Å²) >= 11 is 0. The molecule has 152 valence electrons. The van der Waals surface area contributed by atoms with Crippen LogP contribution in [0.25, 0.3) is 10.8 Å². The minimum Gasteiger partial charge on any atom is -0.489 e. The highest BCUT2D eigenvalue weighted by Crippen LogP contribution is 2.29. The van der Waals surface area contributed by atoms with Crippen molar-refractivity contribution >= 4 is 10.8 Å². The van der Waals surface area contributed by atoms with Crippen LogP contribution in [0.1, 0.15) is 61.6 Å². The summed E-state index contributed by atoms with van der Waals surface area (Å²) in [6.45, 7) is 3.61. The first-order chi connectivity index (χ1) is 14.3. The molecular formula is C27H33NO. The van der Waals surface area contributed by atoms with Gasteiger partial charge in [-0.2, -0.15) is 0 Å². The first-order valence-corrected chi connectivity index (χ1v) is 11.2. The number of fused-ring (bicyclic) bond motifs is 1. The number of hydrogen-bond acceptors (Lipinski definition) is 2. The van der Waals surface area contributed by atoms with E-state index in [1.165, 1.54) is 72.4 Å². The van der Waals surface area contributed by atoms with Crippen molar-refractivity contribution in [2.45, 2.75) is 71.1 Å². The smallest absolute Gasteiger partial charge is 0.124 e. The third-order valence-electron chi connectivity index (χ3n) is 6.15. The van der Waals surface area contributed by atoms with Gasteiger partial charge in [-0.1, -0.05) is 92.3 Å². The third kappa shape index (κ3) is 5.39. The molecule has 0 bridgehead atoms. The quantitative estimate of drug-likeness (QED) is 0.495. The highest BCUT2D eigenvalue weighted by Gasteiger charge is 2.14. The Kier molecular flexibility index (Phi) is 6.84. The highest BCUT2D eigenvalue weighted by atomic mass is 16.5. The van der Waals surface area contributed by atoms with Gasteiger partial charge in [-0.05, 0) is 42.2 Å². The van der Waals surface area contributed by atoms with E-state index in [0.29, 0.717) is 12.6 Å². The van der Waals surface area contributed by atoms with Crippen molar-refractivity contribution in [3.05, 3.63) is 77.4 Å². The fraction of sp³-hybridized carbons (Fsp3) is 0.407. The zero-order valence-electron chi connectivity index (χ0n) is 17.6. The van der Waals surface area contributed by atoms with Crippen LogP contribution in [0, 0.1) is 6.92 Å². The number of ether oxygens (including phenoxy) is 1. The van der Waals surface area contributed by atoms with Crippen LogP contribution < -0.4 is 10.1 Å². The van der Waals surface area contributed by atoms with Crippen molar-refractivity contribution in [1.29, 1.82) is 0 Å². The lowest BCUT2D eigenvalue weighted by atomic mass is 9.96. The van der Waals surface area contributed by atoms with Crippen LogP contribution in [0.15, 0.2) is 60.7 Å². The summed E-state index contributed by atoms with van der Waals surface area (Å²) in [5.41, 5.74) is 3.78. The van der Waals surface area contributed by atoms with E-state index in [4.69, 9.17) is 4.74 Å². The molecule has 2 heteroatoms. The Balaban J connectivity index is 1.53. The molecule has 1 fully saturated rings. The van der Waals surface area contributed by atoms with Crippen molar-refractivity contribution in [2.24, 2.45) is 0 Å². The fourth-order valence-electron chi connectivity index (χ4n) is 4.50. The van der Waals surface area contributed by atoms with Gasteiger partial charge < -0.3 is 10.1 Å². The largest absolute Gasteiger partial charge is 0.489 e. The minimum atomic E-state index is 0.608. The van der Waals surface area contributed by atoms with Gasteiger partial charge in [0.2, 0.25) is 0 Å². The van der Waals surface area contributed by atoms with Crippen LogP contribution in [0.5, 0.6) is 5.75 Å². The van der Waals surface area contributed by atoms with E-state index < -0.39 is 0 Å². The molecule has 1 N–H and O–H groups in total. The lowest BCUT2D eigenvalue weighted by Gasteiger charge is -2.22. The topological polar surface area (TPSA) is 21.3 Å². The Labute approximate surface area is 175 Å². The maximum atomic E-state index is 6.33. The van der Waals surface area contributed by atoms with Crippen LogP contribution >= 0.6 is 0 Å². The fourth-order valence-corrected chi connectivity index (χ4v) is 4.50. The van der Waals surface area contributed by atoms with E-state index in [0.717, 1.165) is 12.3 Å². The normalized spacial score (nSPS) is 15.8. The number of nitrogens with one attached hydrogen (secondary N) is 1. The van der Waals surface area contributed by atoms with E-state index in [1.54, 1.807) is 0 Å². The lowest BCUT2D eigenvalue weighted by molar-refractivity contribution is 0.301. The molecule has 0 saturated heterocycles. The molecule has 0 radical (unpaired) electrons. The predicted octanol–water partition coefficient (Wildman–Crippen LogP) is 6.93. The van der Waals surface area contributed by atoms with Gasteiger partial charge in [0.25, 0.3) is 0 Å². The summed E-state index contributed by atoms with van der Waals surface area (Å²) < 4.78 is 6.33. The molecule has 0 unspecified atom stereocenters. The summed E-state index contributed by atoms with van der Waals surface area (Å²) in [7, 11) is 0. The van der Waals surface area contributed by atoms with Crippen LogP contribution in [0.2, 0.25) is 0 Å². The highest BCUT2D eigenvalue weighted by molar-refractivity contribution is 5.87. The number of rotatable bonds is 6. The van der Waals surface area contributed by atoms with Gasteiger partial charge in [-0.25, -0.2) is 0 Å². The van der Waals surface area contributed by atoms with Gasteiger partial charge in [0.15, 0.2) is 0 Å². The Morgan fingerprint density at radius 3 is 2.48 bits per heavy atom. The Bertz CT molecular complexity index is 925. The van der Waals surface area contributed by atoms with Crippen LogP contribution in [-0.4, -0.2) is 6.04 Å². The van der Waals surface area contributed by atoms with Gasteiger partial charge in [-0.15, -0.1) is 0 Å². The maximum absolute atomic E-state index is 6.33. The molecule has 29 heavy (non-hydrogen) atoms. The predicted molar refractivity (Wildman–Crippen MR) is 122 cm³/mol. The standard InChI is InChI=1S/C27H33NO/c1-21-10-9-11-22(18-21)20-29-27-17-16-23-12-7-8-15-25(23)26(27)19-28-24-13-5-3-2-4-6-14-24/h7-12,15-18,24,28H,2-6,13-14,19-20H2,1H3. The minimum absolute atomic E-state index is 0.608. The van der Waals surface area contributed by atoms with Crippen LogP contribution in [0.3, 0.4) is 0 Å². The maximum Gasteiger partial charge on any atom is 0.124 e. The van der Waals surface area contributed by atoms with Crippen molar-refractivity contribution in [1.82, 2.24) is 5.32 Å². The van der Waals surface area contributed by atoms with Gasteiger partial charge in [0, 0.05) is 18.2 Å². The summed E-state index contributed by atoms with van der Waals surface area (Å²) in [4.78, 5) is 0. The zero-order chi connectivity index (χ0) is 19.9. The number of aryl methyl sites for hydroxylation is 1. The second-order valence-electron chi connectivity index (χ2n) is 8.46. The first kappa shape index (κ1) is 20.0. The monoisotopic (exact) mass is 387 g/mol. The molecule has 0 aliphatic heterocycles. The van der Waals surface area contributed by atoms with Crippen molar-refractivity contribution in [3.63, 3.8) is 0 Å². The van der Waals surface area contributed by atoms with Crippen molar-refractivity contribution in [2.75, 3.05) is 0 Å². The average molecular weight is 388 g/mol. The van der Waals surface area contributed by atoms with Gasteiger partial charge >= 0.3 is 0 Å². The van der Waals surface area contributed by atoms with Gasteiger partial charge in [0.1, 0.15) is 12.4 Å². The lowest BCUT2D eigenvalue weighted by Crippen LogP contribution is -2.29. The second-order valence-corrected chi connectivity index (χ2v) is 8.46. The molecular weight excluding hydrogens is 354 g/mol. The Hall–Kier alpha value is -2.32. The summed E-state index contributed by atoms with van der Waals surface area (Å²) in [6, 6.07) is 22.2. The molecule has 3 aromatic carbocycles. The van der Waals surface area contributed by atoms with E-state index in [2.05, 4.69) is 72.9 Å². The molecule has 3 aromatic rings. The summed E-state index contributed by atoms with van der Waals surface area (Å²) in [6.07, 6.45) is 9.48. The Morgan fingerprint density at radius 1 is 0.862 bits per heavy atom. The zero-order valence-corrected chi connectivity index (χ0v) is 17.6. The summed E-state index contributed by atoms with van der Waals surface area (Å²) in [5, 5.41) is 6.45. The second kappa shape index (κ2) is 9.93. The van der Waals surface area contributed by atoms with E-state index in [1.807, 2.05) is 0 Å². The molecule has 1 saturated carbocycles. The molecule has 1 aliphatic rings. The molecule has 1 aliphatic carbocycles. The Morgan fingerprint density at radius 2 is 1.66 bits per heavy atom. The van der Waals surface area contributed by atoms with E-state index in [-0.39, 0.29) is 0 Å². The van der Waals surface area contributed by atoms with Crippen LogP contribution in [0.4, 0.5) is 0 Å². The molecule has 0 spiro atoms. The van der Waals surface area contributed by atoms with Crippen LogP contribution in [-0.2, 0) is 13.2 Å². The van der Waals surface area contributed by atoms with Crippen molar-refractivity contribution in [3.8, 4) is 5.75 Å². The molecule has 4 rings (SSSR count). The van der Waals surface area contributed by atoms with Gasteiger partial charge in [-0.3, -0.25) is 0 Å². The van der Waals surface area contributed by atoms with E-state index in [9.17, 15) is 0 Å². The van der Waals surface area contributed by atoms with Gasteiger partial charge in [0.05, 0.1) is 0 Å². The average Bonchev–Trinajstić information content (AvgIpc) is 2.72. The number of hydrogen-bond donors (Lipinski definition) is 1.